The third-order valence-electron chi connectivity index (χ3n) is 1.58. The lowest BCUT2D eigenvalue weighted by molar-refractivity contribution is -0.141. The van der Waals surface area contributed by atoms with Gasteiger partial charge >= 0.3 is 6.18 Å². The van der Waals surface area contributed by atoms with Crippen LogP contribution in [0.3, 0.4) is 0 Å². The Morgan fingerprint density at radius 1 is 1.43 bits per heavy atom. The van der Waals surface area contributed by atoms with Crippen molar-refractivity contribution < 1.29 is 13.2 Å². The zero-order valence-electron chi connectivity index (χ0n) is 7.32. The van der Waals surface area contributed by atoms with Crippen LogP contribution in [0, 0.1) is 0 Å². The SMILES string of the molecule is CNCc1ccc(Cl)nc1C(F)(F)F. The lowest BCUT2D eigenvalue weighted by atomic mass is 10.2. The molecule has 0 aliphatic rings. The van der Waals surface area contributed by atoms with Gasteiger partial charge in [0.15, 0.2) is 5.69 Å². The Kier molecular flexibility index (Phi) is 3.34. The Balaban J connectivity index is 3.16. The van der Waals surface area contributed by atoms with E-state index >= 15 is 0 Å². The van der Waals surface area contributed by atoms with Gasteiger partial charge < -0.3 is 5.32 Å². The molecule has 0 amide bonds. The first kappa shape index (κ1) is 11.3. The maximum atomic E-state index is 12.4. The highest BCUT2D eigenvalue weighted by Crippen LogP contribution is 2.31. The summed E-state index contributed by atoms with van der Waals surface area (Å²) in [5.41, 5.74) is -0.844. The molecule has 0 unspecified atom stereocenters. The van der Waals surface area contributed by atoms with Gasteiger partial charge in [-0.15, -0.1) is 0 Å². The molecule has 2 nitrogen and oxygen atoms in total. The van der Waals surface area contributed by atoms with Crippen molar-refractivity contribution in [1.29, 1.82) is 0 Å². The fourth-order valence-electron chi connectivity index (χ4n) is 1.04. The molecular formula is C8H8ClF3N2. The first-order chi connectivity index (χ1) is 6.45. The number of hydrogen-bond donors (Lipinski definition) is 1. The maximum Gasteiger partial charge on any atom is 0.433 e. The lowest BCUT2D eigenvalue weighted by Crippen LogP contribution is -2.16. The lowest BCUT2D eigenvalue weighted by Gasteiger charge is -2.11. The predicted molar refractivity (Wildman–Crippen MR) is 47.0 cm³/mol. The Labute approximate surface area is 84.1 Å². The van der Waals surface area contributed by atoms with E-state index in [-0.39, 0.29) is 17.3 Å². The number of halogens is 4. The van der Waals surface area contributed by atoms with Crippen molar-refractivity contribution in [3.63, 3.8) is 0 Å². The van der Waals surface area contributed by atoms with Crippen LogP contribution in [0.15, 0.2) is 12.1 Å². The third kappa shape index (κ3) is 2.59. The van der Waals surface area contributed by atoms with Gasteiger partial charge in [0, 0.05) is 6.54 Å². The molecule has 0 spiro atoms. The standard InChI is InChI=1S/C8H8ClF3N2/c1-13-4-5-2-3-6(9)14-7(5)8(10,11)12/h2-3,13H,4H2,1H3. The van der Waals surface area contributed by atoms with Gasteiger partial charge in [-0.05, 0) is 18.7 Å². The molecule has 1 rings (SSSR count). The van der Waals surface area contributed by atoms with E-state index in [0.29, 0.717) is 0 Å². The largest absolute Gasteiger partial charge is 0.433 e. The van der Waals surface area contributed by atoms with E-state index in [2.05, 4.69) is 10.3 Å². The van der Waals surface area contributed by atoms with Crippen LogP contribution in [0.5, 0.6) is 0 Å². The van der Waals surface area contributed by atoms with Gasteiger partial charge in [-0.25, -0.2) is 4.98 Å². The van der Waals surface area contributed by atoms with Gasteiger partial charge in [-0.3, -0.25) is 0 Å². The molecule has 0 aliphatic heterocycles. The second-order valence-corrected chi connectivity index (χ2v) is 3.06. The average molecular weight is 225 g/mol. The molecule has 0 fully saturated rings. The molecular weight excluding hydrogens is 217 g/mol. The minimum absolute atomic E-state index is 0.0874. The van der Waals surface area contributed by atoms with Crippen LogP contribution < -0.4 is 5.32 Å². The Bertz CT molecular complexity index is 325. The van der Waals surface area contributed by atoms with E-state index in [1.165, 1.54) is 12.1 Å². The predicted octanol–water partition coefficient (Wildman–Crippen LogP) is 2.47. The summed E-state index contributed by atoms with van der Waals surface area (Å²) in [7, 11) is 1.56. The van der Waals surface area contributed by atoms with Crippen LogP contribution in [0.4, 0.5) is 13.2 Å². The Hall–Kier alpha value is -0.810. The molecule has 0 aliphatic carbocycles. The normalized spacial score (nSPS) is 11.8. The van der Waals surface area contributed by atoms with Crippen molar-refractivity contribution >= 4 is 11.6 Å². The number of nitrogens with one attached hydrogen (secondary N) is 1. The fourth-order valence-corrected chi connectivity index (χ4v) is 1.19. The van der Waals surface area contributed by atoms with Crippen LogP contribution in [0.2, 0.25) is 5.15 Å². The van der Waals surface area contributed by atoms with Crippen molar-refractivity contribution in [1.82, 2.24) is 10.3 Å². The summed E-state index contributed by atoms with van der Waals surface area (Å²) in [6.45, 7) is 0.110. The monoisotopic (exact) mass is 224 g/mol. The van der Waals surface area contributed by atoms with Crippen molar-refractivity contribution in [2.24, 2.45) is 0 Å². The van der Waals surface area contributed by atoms with Crippen molar-refractivity contribution in [2.45, 2.75) is 12.7 Å². The summed E-state index contributed by atoms with van der Waals surface area (Å²) >= 11 is 5.39. The highest BCUT2D eigenvalue weighted by Gasteiger charge is 2.35. The Morgan fingerprint density at radius 3 is 2.57 bits per heavy atom. The summed E-state index contributed by atoms with van der Waals surface area (Å²) in [6.07, 6.45) is -4.46. The van der Waals surface area contributed by atoms with Gasteiger partial charge in [0.25, 0.3) is 0 Å². The zero-order valence-corrected chi connectivity index (χ0v) is 8.08. The molecule has 1 aromatic rings. The number of rotatable bonds is 2. The van der Waals surface area contributed by atoms with E-state index in [9.17, 15) is 13.2 Å². The number of hydrogen-bond acceptors (Lipinski definition) is 2. The van der Waals surface area contributed by atoms with Crippen molar-refractivity contribution in [2.75, 3.05) is 7.05 Å². The van der Waals surface area contributed by atoms with Crippen molar-refractivity contribution in [3.05, 3.63) is 28.5 Å². The average Bonchev–Trinajstić information content (AvgIpc) is 2.07. The molecule has 14 heavy (non-hydrogen) atoms. The molecule has 78 valence electrons. The van der Waals surface area contributed by atoms with E-state index in [1.54, 1.807) is 7.05 Å². The smallest absolute Gasteiger partial charge is 0.316 e. The summed E-state index contributed by atoms with van der Waals surface area (Å²) in [4.78, 5) is 3.26. The summed E-state index contributed by atoms with van der Waals surface area (Å²) < 4.78 is 37.2. The highest BCUT2D eigenvalue weighted by molar-refractivity contribution is 6.29. The van der Waals surface area contributed by atoms with Gasteiger partial charge in [-0.2, -0.15) is 13.2 Å². The minimum Gasteiger partial charge on any atom is -0.316 e. The van der Waals surface area contributed by atoms with Crippen molar-refractivity contribution in [3.8, 4) is 0 Å². The molecule has 0 saturated carbocycles. The van der Waals surface area contributed by atoms with E-state index in [0.717, 1.165) is 0 Å². The number of pyridine rings is 1. The van der Waals surface area contributed by atoms with Crippen LogP contribution in [-0.2, 0) is 12.7 Å². The molecule has 0 aromatic carbocycles. The quantitative estimate of drug-likeness (QED) is 0.781. The Morgan fingerprint density at radius 2 is 2.07 bits per heavy atom. The van der Waals surface area contributed by atoms with Gasteiger partial charge in [0.1, 0.15) is 5.15 Å². The minimum atomic E-state index is -4.46. The maximum absolute atomic E-state index is 12.4. The molecule has 0 radical (unpaired) electrons. The summed E-state index contributed by atoms with van der Waals surface area (Å²) in [6, 6.07) is 2.65. The summed E-state index contributed by atoms with van der Waals surface area (Å²) in [5.74, 6) is 0. The fraction of sp³-hybridized carbons (Fsp3) is 0.375. The van der Waals surface area contributed by atoms with Crippen LogP contribution in [-0.4, -0.2) is 12.0 Å². The number of nitrogens with zero attached hydrogens (tertiary/aromatic N) is 1. The first-order valence-corrected chi connectivity index (χ1v) is 4.20. The topological polar surface area (TPSA) is 24.9 Å². The molecule has 1 aromatic heterocycles. The van der Waals surface area contributed by atoms with Gasteiger partial charge in [0.2, 0.25) is 0 Å². The van der Waals surface area contributed by atoms with E-state index < -0.39 is 11.9 Å². The number of aromatic nitrogens is 1. The second kappa shape index (κ2) is 4.14. The van der Waals surface area contributed by atoms with Crippen LogP contribution in [0.25, 0.3) is 0 Å². The molecule has 0 bridgehead atoms. The molecule has 0 saturated heterocycles. The van der Waals surface area contributed by atoms with Gasteiger partial charge in [0.05, 0.1) is 0 Å². The molecule has 0 atom stereocenters. The zero-order chi connectivity index (χ0) is 10.8. The van der Waals surface area contributed by atoms with Gasteiger partial charge in [-0.1, -0.05) is 17.7 Å². The van der Waals surface area contributed by atoms with Crippen LogP contribution in [0.1, 0.15) is 11.3 Å². The molecule has 1 heterocycles. The molecule has 1 N–H and O–H groups in total. The van der Waals surface area contributed by atoms with E-state index in [1.807, 2.05) is 0 Å². The second-order valence-electron chi connectivity index (χ2n) is 2.67. The van der Waals surface area contributed by atoms with E-state index in [4.69, 9.17) is 11.6 Å². The number of alkyl halides is 3. The summed E-state index contributed by atoms with van der Waals surface area (Å²) in [5, 5.41) is 2.48. The molecule has 6 heteroatoms. The first-order valence-electron chi connectivity index (χ1n) is 3.82. The van der Waals surface area contributed by atoms with Crippen LogP contribution >= 0.6 is 11.6 Å². The highest BCUT2D eigenvalue weighted by atomic mass is 35.5. The third-order valence-corrected chi connectivity index (χ3v) is 1.79.